The highest BCUT2D eigenvalue weighted by Gasteiger charge is 2.23. The van der Waals surface area contributed by atoms with Gasteiger partial charge in [0.15, 0.2) is 5.11 Å². The van der Waals surface area contributed by atoms with Crippen molar-refractivity contribution in [2.45, 2.75) is 6.92 Å². The fraction of sp³-hybridized carbons (Fsp3) is 0.200. The summed E-state index contributed by atoms with van der Waals surface area (Å²) in [5, 5.41) is 27.0. The first kappa shape index (κ1) is 25.5. The highest BCUT2D eigenvalue weighted by molar-refractivity contribution is 7.80. The van der Waals surface area contributed by atoms with Crippen LogP contribution < -0.4 is 15.5 Å². The van der Waals surface area contributed by atoms with Gasteiger partial charge in [-0.1, -0.05) is 11.6 Å². The fourth-order valence-electron chi connectivity index (χ4n) is 4.10. The molecule has 13 heteroatoms. The van der Waals surface area contributed by atoms with E-state index in [0.29, 0.717) is 53.7 Å². The Morgan fingerprint density at radius 2 is 1.76 bits per heavy atom. The summed E-state index contributed by atoms with van der Waals surface area (Å²) in [5.41, 5.74) is 3.96. The first-order valence-electron chi connectivity index (χ1n) is 11.7. The highest BCUT2D eigenvalue weighted by atomic mass is 35.5. The number of amides is 1. The van der Waals surface area contributed by atoms with E-state index in [4.69, 9.17) is 28.6 Å². The van der Waals surface area contributed by atoms with Crippen molar-refractivity contribution in [2.75, 3.05) is 36.5 Å². The maximum Gasteiger partial charge on any atom is 0.293 e. The van der Waals surface area contributed by atoms with Gasteiger partial charge in [-0.15, -0.1) is 10.2 Å². The molecule has 0 bridgehead atoms. The summed E-state index contributed by atoms with van der Waals surface area (Å²) in [6.07, 6.45) is 0. The van der Waals surface area contributed by atoms with E-state index in [-0.39, 0.29) is 16.4 Å². The molecule has 11 nitrogen and oxygen atoms in total. The van der Waals surface area contributed by atoms with Gasteiger partial charge in [0.05, 0.1) is 23.8 Å². The van der Waals surface area contributed by atoms with Gasteiger partial charge in [-0.05, 0) is 73.2 Å². The van der Waals surface area contributed by atoms with Crippen LogP contribution in [0.2, 0.25) is 5.02 Å². The number of thiocarbonyl (C=S) groups is 1. The van der Waals surface area contributed by atoms with E-state index in [1.165, 1.54) is 10.9 Å². The Balaban J connectivity index is 1.31. The Morgan fingerprint density at radius 1 is 1.08 bits per heavy atom. The van der Waals surface area contributed by atoms with Crippen LogP contribution in [0.4, 0.5) is 17.1 Å². The van der Waals surface area contributed by atoms with E-state index in [9.17, 15) is 14.9 Å². The van der Waals surface area contributed by atoms with Crippen molar-refractivity contribution in [3.05, 3.63) is 80.9 Å². The topological polar surface area (TPSA) is 127 Å². The van der Waals surface area contributed by atoms with Crippen molar-refractivity contribution < 1.29 is 14.5 Å². The van der Waals surface area contributed by atoms with E-state index in [1.807, 2.05) is 30.0 Å². The number of hydrogen-bond acceptors (Lipinski definition) is 8. The molecule has 194 valence electrons. The number of carbonyl (C=O) groups excluding carboxylic acids is 1. The number of nitrogens with one attached hydrogen (secondary N) is 2. The average molecular weight is 552 g/mol. The summed E-state index contributed by atoms with van der Waals surface area (Å²) < 4.78 is 5.32. The molecule has 5 rings (SSSR count). The molecular weight excluding hydrogens is 530 g/mol. The number of morpholine rings is 1. The minimum Gasteiger partial charge on any atom is -0.378 e. The van der Waals surface area contributed by atoms with E-state index < -0.39 is 10.8 Å². The molecule has 0 radical (unpaired) electrons. The molecule has 38 heavy (non-hydrogen) atoms. The lowest BCUT2D eigenvalue weighted by atomic mass is 10.1. The number of rotatable bonds is 5. The van der Waals surface area contributed by atoms with Gasteiger partial charge in [0.1, 0.15) is 16.7 Å². The van der Waals surface area contributed by atoms with Gasteiger partial charge in [-0.2, -0.15) is 4.80 Å². The number of hydrogen-bond donors (Lipinski definition) is 2. The van der Waals surface area contributed by atoms with Gasteiger partial charge in [-0.3, -0.25) is 20.2 Å². The molecule has 0 unspecified atom stereocenters. The fourth-order valence-corrected chi connectivity index (χ4v) is 4.43. The second kappa shape index (κ2) is 10.7. The molecule has 4 aromatic rings. The predicted molar refractivity (Wildman–Crippen MR) is 148 cm³/mol. The van der Waals surface area contributed by atoms with Crippen LogP contribution in [0.3, 0.4) is 0 Å². The molecule has 1 amide bonds. The third kappa shape index (κ3) is 5.42. The quantitative estimate of drug-likeness (QED) is 0.212. The number of aryl methyl sites for hydroxylation is 1. The van der Waals surface area contributed by atoms with Crippen LogP contribution >= 0.6 is 23.8 Å². The molecule has 2 heterocycles. The Bertz CT molecular complexity index is 1550. The molecule has 1 aliphatic heterocycles. The number of aromatic nitrogens is 3. The van der Waals surface area contributed by atoms with E-state index in [0.717, 1.165) is 11.3 Å². The van der Waals surface area contributed by atoms with Gasteiger partial charge in [0, 0.05) is 35.4 Å². The van der Waals surface area contributed by atoms with Crippen molar-refractivity contribution in [1.82, 2.24) is 20.3 Å². The number of halogens is 1. The summed E-state index contributed by atoms with van der Waals surface area (Å²) in [7, 11) is 0. The Morgan fingerprint density at radius 3 is 2.45 bits per heavy atom. The van der Waals surface area contributed by atoms with E-state index >= 15 is 0 Å². The zero-order valence-corrected chi connectivity index (χ0v) is 21.8. The molecule has 1 aromatic heterocycles. The number of anilines is 2. The minimum atomic E-state index is -0.563. The lowest BCUT2D eigenvalue weighted by Gasteiger charge is -2.28. The number of ether oxygens (including phenoxy) is 1. The Labute approximate surface area is 227 Å². The number of nitro benzene ring substituents is 1. The second-order valence-corrected chi connectivity index (χ2v) is 9.43. The van der Waals surface area contributed by atoms with E-state index in [2.05, 4.69) is 20.8 Å². The highest BCUT2D eigenvalue weighted by Crippen LogP contribution is 2.30. The van der Waals surface area contributed by atoms with Crippen LogP contribution in [-0.2, 0) is 4.74 Å². The number of carbonyl (C=O) groups is 1. The molecule has 0 spiro atoms. The second-order valence-electron chi connectivity index (χ2n) is 8.59. The molecule has 1 aliphatic rings. The lowest BCUT2D eigenvalue weighted by molar-refractivity contribution is -0.384. The summed E-state index contributed by atoms with van der Waals surface area (Å²) >= 11 is 11.3. The molecule has 2 N–H and O–H groups in total. The summed E-state index contributed by atoms with van der Waals surface area (Å²) in [6, 6.07) is 15.2. The minimum absolute atomic E-state index is 0.0439. The SMILES string of the molecule is Cc1cc2nn(-c3ccc(Cl)cc3)nc2cc1NC(=S)NC(=O)c1ccc(N2CCOCC2)c([N+](=O)[O-])c1. The molecular formula is C25H22ClN7O4S. The predicted octanol–water partition coefficient (Wildman–Crippen LogP) is 4.25. The van der Waals surface area contributed by atoms with E-state index in [1.54, 1.807) is 30.3 Å². The maximum atomic E-state index is 12.9. The van der Waals surface area contributed by atoms with Crippen molar-refractivity contribution in [3.63, 3.8) is 0 Å². The zero-order valence-electron chi connectivity index (χ0n) is 20.2. The third-order valence-electron chi connectivity index (χ3n) is 6.05. The van der Waals surface area contributed by atoms with Gasteiger partial charge in [0.25, 0.3) is 11.6 Å². The Hall–Kier alpha value is -4.13. The zero-order chi connectivity index (χ0) is 26.8. The molecule has 0 aliphatic carbocycles. The maximum absolute atomic E-state index is 12.9. The van der Waals surface area contributed by atoms with Crippen molar-refractivity contribution in [1.29, 1.82) is 0 Å². The summed E-state index contributed by atoms with van der Waals surface area (Å²) in [5.74, 6) is -0.563. The summed E-state index contributed by atoms with van der Waals surface area (Å²) in [6.45, 7) is 3.93. The monoisotopic (exact) mass is 551 g/mol. The Kier molecular flexibility index (Phi) is 7.18. The molecule has 1 fully saturated rings. The van der Waals surface area contributed by atoms with Crippen LogP contribution in [0.1, 0.15) is 15.9 Å². The molecule has 0 atom stereocenters. The first-order chi connectivity index (χ1) is 18.3. The van der Waals surface area contributed by atoms with Crippen LogP contribution in [-0.4, -0.2) is 57.2 Å². The van der Waals surface area contributed by atoms with Gasteiger partial charge < -0.3 is 15.0 Å². The van der Waals surface area contributed by atoms with Crippen molar-refractivity contribution in [2.24, 2.45) is 0 Å². The van der Waals surface area contributed by atoms with Crippen LogP contribution in [0.5, 0.6) is 0 Å². The van der Waals surface area contributed by atoms with Gasteiger partial charge in [-0.25, -0.2) is 0 Å². The molecule has 1 saturated heterocycles. The first-order valence-corrected chi connectivity index (χ1v) is 12.4. The van der Waals surface area contributed by atoms with Crippen molar-refractivity contribution >= 4 is 62.9 Å². The lowest BCUT2D eigenvalue weighted by Crippen LogP contribution is -2.37. The van der Waals surface area contributed by atoms with Crippen molar-refractivity contribution in [3.8, 4) is 5.69 Å². The normalized spacial score (nSPS) is 13.4. The summed E-state index contributed by atoms with van der Waals surface area (Å²) in [4.78, 5) is 27.5. The van der Waals surface area contributed by atoms with Crippen LogP contribution in [0, 0.1) is 17.0 Å². The number of fused-ring (bicyclic) bond motifs is 1. The number of benzene rings is 3. The van der Waals surface area contributed by atoms with Crippen LogP contribution in [0.15, 0.2) is 54.6 Å². The third-order valence-corrected chi connectivity index (χ3v) is 6.50. The van der Waals surface area contributed by atoms with Gasteiger partial charge >= 0.3 is 0 Å². The largest absolute Gasteiger partial charge is 0.378 e. The standard InChI is InChI=1S/C25H22ClN7O4S/c1-15-12-20-21(30-32(29-20)18-5-3-17(26)4-6-18)14-19(15)27-25(38)28-24(34)16-2-7-22(23(13-16)33(35)36)31-8-10-37-11-9-31/h2-7,12-14H,8-11H2,1H3,(H2,27,28,34,38). The molecule has 3 aromatic carbocycles. The smallest absolute Gasteiger partial charge is 0.293 e. The molecule has 0 saturated carbocycles. The number of nitrogens with zero attached hydrogens (tertiary/aromatic N) is 5. The average Bonchev–Trinajstić information content (AvgIpc) is 3.32. The van der Waals surface area contributed by atoms with Crippen LogP contribution in [0.25, 0.3) is 16.7 Å². The van der Waals surface area contributed by atoms with Gasteiger partial charge in [0.2, 0.25) is 0 Å². The number of nitro groups is 1.